The van der Waals surface area contributed by atoms with Gasteiger partial charge in [-0.2, -0.15) is 0 Å². The van der Waals surface area contributed by atoms with Crippen LogP contribution in [0.4, 0.5) is 0 Å². The lowest BCUT2D eigenvalue weighted by Crippen LogP contribution is -2.43. The zero-order valence-corrected chi connectivity index (χ0v) is 12.7. The van der Waals surface area contributed by atoms with E-state index in [1.807, 2.05) is 19.9 Å². The van der Waals surface area contributed by atoms with Gasteiger partial charge < -0.3 is 10.6 Å². The molecule has 2 fully saturated rings. The summed E-state index contributed by atoms with van der Waals surface area (Å²) in [6.45, 7) is 10.1. The van der Waals surface area contributed by atoms with Crippen molar-refractivity contribution < 1.29 is 4.79 Å². The van der Waals surface area contributed by atoms with E-state index >= 15 is 0 Å². The molecule has 0 aromatic carbocycles. The number of fused-ring (bicyclic) bond motifs is 1. The molecule has 3 rings (SSSR count). The maximum absolute atomic E-state index is 12.4. The standard InChI is InChI=1S/C16H23N3O/c1-9-5-6-13(10(2)18-9)16(3,4)19-15(20)14-11-7-17-8-12(11)14/h5-6,11-12,14,17H,7-8H2,1-4H3,(H,19,20). The predicted molar refractivity (Wildman–Crippen MR) is 78.2 cm³/mol. The smallest absolute Gasteiger partial charge is 0.224 e. The Morgan fingerprint density at radius 1 is 1.30 bits per heavy atom. The first kappa shape index (κ1) is 13.6. The molecule has 2 aliphatic rings. The number of aromatic nitrogens is 1. The Kier molecular flexibility index (Phi) is 3.09. The molecule has 1 saturated carbocycles. The topological polar surface area (TPSA) is 54.0 Å². The molecular weight excluding hydrogens is 250 g/mol. The first-order valence-electron chi connectivity index (χ1n) is 7.37. The Morgan fingerprint density at radius 2 is 1.95 bits per heavy atom. The number of pyridine rings is 1. The van der Waals surface area contributed by atoms with Gasteiger partial charge in [0.1, 0.15) is 0 Å². The number of carbonyl (C=O) groups excluding carboxylic acids is 1. The van der Waals surface area contributed by atoms with Crippen LogP contribution in [-0.2, 0) is 10.3 Å². The lowest BCUT2D eigenvalue weighted by molar-refractivity contribution is -0.124. The number of hydrogen-bond acceptors (Lipinski definition) is 3. The minimum absolute atomic E-state index is 0.200. The van der Waals surface area contributed by atoms with Crippen molar-refractivity contribution in [3.8, 4) is 0 Å². The largest absolute Gasteiger partial charge is 0.347 e. The van der Waals surface area contributed by atoms with E-state index in [4.69, 9.17) is 0 Å². The highest BCUT2D eigenvalue weighted by Gasteiger charge is 2.57. The van der Waals surface area contributed by atoms with Crippen molar-refractivity contribution in [2.75, 3.05) is 13.1 Å². The van der Waals surface area contributed by atoms with Gasteiger partial charge in [-0.1, -0.05) is 6.07 Å². The highest BCUT2D eigenvalue weighted by Crippen LogP contribution is 2.49. The summed E-state index contributed by atoms with van der Waals surface area (Å²) in [5.41, 5.74) is 2.73. The van der Waals surface area contributed by atoms with Gasteiger partial charge in [0.25, 0.3) is 0 Å². The highest BCUT2D eigenvalue weighted by atomic mass is 16.2. The van der Waals surface area contributed by atoms with Crippen LogP contribution in [0.3, 0.4) is 0 Å². The van der Waals surface area contributed by atoms with Crippen LogP contribution >= 0.6 is 0 Å². The molecule has 2 N–H and O–H groups in total. The summed E-state index contributed by atoms with van der Waals surface area (Å²) in [6, 6.07) is 4.08. The second-order valence-corrected chi connectivity index (χ2v) is 6.71. The highest BCUT2D eigenvalue weighted by molar-refractivity contribution is 5.83. The van der Waals surface area contributed by atoms with Crippen molar-refractivity contribution in [2.24, 2.45) is 17.8 Å². The quantitative estimate of drug-likeness (QED) is 0.878. The Labute approximate surface area is 120 Å². The number of carbonyl (C=O) groups is 1. The van der Waals surface area contributed by atoms with Crippen LogP contribution in [0, 0.1) is 31.6 Å². The van der Waals surface area contributed by atoms with Crippen LogP contribution < -0.4 is 10.6 Å². The van der Waals surface area contributed by atoms with Gasteiger partial charge in [0.15, 0.2) is 0 Å². The van der Waals surface area contributed by atoms with Crippen LogP contribution in [-0.4, -0.2) is 24.0 Å². The molecule has 0 spiro atoms. The van der Waals surface area contributed by atoms with E-state index in [0.29, 0.717) is 11.8 Å². The molecule has 1 aromatic heterocycles. The van der Waals surface area contributed by atoms with Crippen molar-refractivity contribution in [3.05, 3.63) is 29.1 Å². The lowest BCUT2D eigenvalue weighted by atomic mass is 9.92. The van der Waals surface area contributed by atoms with E-state index in [0.717, 1.165) is 30.0 Å². The normalized spacial score (nSPS) is 28.1. The maximum atomic E-state index is 12.4. The molecular formula is C16H23N3O. The van der Waals surface area contributed by atoms with Gasteiger partial charge in [-0.25, -0.2) is 0 Å². The van der Waals surface area contributed by atoms with Crippen LogP contribution in [0.1, 0.15) is 30.8 Å². The molecule has 2 heterocycles. The van der Waals surface area contributed by atoms with Gasteiger partial charge >= 0.3 is 0 Å². The van der Waals surface area contributed by atoms with Gasteiger partial charge in [-0.05, 0) is 64.3 Å². The molecule has 2 unspecified atom stereocenters. The zero-order valence-electron chi connectivity index (χ0n) is 12.7. The molecule has 1 aromatic rings. The number of nitrogens with zero attached hydrogens (tertiary/aromatic N) is 1. The zero-order chi connectivity index (χ0) is 14.5. The van der Waals surface area contributed by atoms with Gasteiger partial charge in [0.2, 0.25) is 5.91 Å². The van der Waals surface area contributed by atoms with E-state index < -0.39 is 0 Å². The molecule has 4 nitrogen and oxygen atoms in total. The van der Waals surface area contributed by atoms with Crippen LogP contribution in [0.2, 0.25) is 0 Å². The number of hydrogen-bond donors (Lipinski definition) is 2. The van der Waals surface area contributed by atoms with Crippen molar-refractivity contribution >= 4 is 5.91 Å². The predicted octanol–water partition coefficient (Wildman–Crippen LogP) is 1.52. The van der Waals surface area contributed by atoms with Crippen molar-refractivity contribution in [1.82, 2.24) is 15.6 Å². The van der Waals surface area contributed by atoms with Crippen molar-refractivity contribution in [3.63, 3.8) is 0 Å². The Balaban J connectivity index is 1.73. The molecule has 1 saturated heterocycles. The van der Waals surface area contributed by atoms with Crippen LogP contribution in [0.15, 0.2) is 12.1 Å². The fraction of sp³-hybridized carbons (Fsp3) is 0.625. The maximum Gasteiger partial charge on any atom is 0.224 e. The summed E-state index contributed by atoms with van der Waals surface area (Å²) in [5, 5.41) is 6.54. The Bertz CT molecular complexity index is 543. The third kappa shape index (κ3) is 2.22. The van der Waals surface area contributed by atoms with E-state index in [1.54, 1.807) is 0 Å². The summed E-state index contributed by atoms with van der Waals surface area (Å²) >= 11 is 0. The fourth-order valence-electron chi connectivity index (χ4n) is 3.61. The Hall–Kier alpha value is -1.42. The molecule has 1 aliphatic carbocycles. The van der Waals surface area contributed by atoms with E-state index in [2.05, 4.69) is 35.5 Å². The summed E-state index contributed by atoms with van der Waals surface area (Å²) in [4.78, 5) is 16.9. The monoisotopic (exact) mass is 273 g/mol. The summed E-state index contributed by atoms with van der Waals surface area (Å²) in [6.07, 6.45) is 0. The molecule has 1 aliphatic heterocycles. The fourth-order valence-corrected chi connectivity index (χ4v) is 3.61. The lowest BCUT2D eigenvalue weighted by Gasteiger charge is -2.28. The molecule has 1 amide bonds. The van der Waals surface area contributed by atoms with Gasteiger partial charge in [0.05, 0.1) is 5.54 Å². The number of nitrogens with one attached hydrogen (secondary N) is 2. The molecule has 2 atom stereocenters. The minimum Gasteiger partial charge on any atom is -0.347 e. The average Bonchev–Trinajstić information content (AvgIpc) is 2.83. The SMILES string of the molecule is Cc1ccc(C(C)(C)NC(=O)C2C3CNCC32)c(C)n1. The number of rotatable bonds is 3. The van der Waals surface area contributed by atoms with E-state index in [-0.39, 0.29) is 17.4 Å². The second-order valence-electron chi connectivity index (χ2n) is 6.71. The molecule has 0 radical (unpaired) electrons. The first-order chi connectivity index (χ1) is 9.40. The van der Waals surface area contributed by atoms with Gasteiger partial charge in [-0.15, -0.1) is 0 Å². The summed E-state index contributed by atoms with van der Waals surface area (Å²) in [5.74, 6) is 1.53. The van der Waals surface area contributed by atoms with Gasteiger partial charge in [0, 0.05) is 17.3 Å². The van der Waals surface area contributed by atoms with Crippen molar-refractivity contribution in [2.45, 2.75) is 33.2 Å². The average molecular weight is 273 g/mol. The van der Waals surface area contributed by atoms with Crippen LogP contribution in [0.25, 0.3) is 0 Å². The second kappa shape index (κ2) is 4.55. The number of piperidine rings is 1. The number of aryl methyl sites for hydroxylation is 2. The molecule has 0 bridgehead atoms. The third-order valence-corrected chi connectivity index (χ3v) is 4.73. The van der Waals surface area contributed by atoms with E-state index in [1.165, 1.54) is 0 Å². The number of amides is 1. The van der Waals surface area contributed by atoms with Crippen molar-refractivity contribution in [1.29, 1.82) is 0 Å². The molecule has 20 heavy (non-hydrogen) atoms. The van der Waals surface area contributed by atoms with E-state index in [9.17, 15) is 4.79 Å². The molecule has 108 valence electrons. The first-order valence-corrected chi connectivity index (χ1v) is 7.37. The minimum atomic E-state index is -0.369. The van der Waals surface area contributed by atoms with Gasteiger partial charge in [-0.3, -0.25) is 9.78 Å². The summed E-state index contributed by atoms with van der Waals surface area (Å²) < 4.78 is 0. The summed E-state index contributed by atoms with van der Waals surface area (Å²) in [7, 11) is 0. The third-order valence-electron chi connectivity index (χ3n) is 4.73. The molecule has 4 heteroatoms. The Morgan fingerprint density at radius 3 is 2.55 bits per heavy atom. The van der Waals surface area contributed by atoms with Crippen LogP contribution in [0.5, 0.6) is 0 Å².